The maximum absolute atomic E-state index is 12.4. The summed E-state index contributed by atoms with van der Waals surface area (Å²) in [6, 6.07) is 4.47. The van der Waals surface area contributed by atoms with Crippen LogP contribution in [0, 0.1) is 5.41 Å². The number of carbonyl (C=O) groups is 1. The third-order valence-electron chi connectivity index (χ3n) is 3.05. The molecule has 0 aliphatic rings. The van der Waals surface area contributed by atoms with Gasteiger partial charge in [0.25, 0.3) is 0 Å². The van der Waals surface area contributed by atoms with E-state index in [9.17, 15) is 18.0 Å². The van der Waals surface area contributed by atoms with Gasteiger partial charge in [-0.1, -0.05) is 32.9 Å². The van der Waals surface area contributed by atoms with Crippen LogP contribution in [-0.2, 0) is 17.4 Å². The number of halogens is 3. The van der Waals surface area contributed by atoms with Gasteiger partial charge in [-0.05, 0) is 29.5 Å². The Balaban J connectivity index is 2.56. The molecule has 21 heavy (non-hydrogen) atoms. The first-order chi connectivity index (χ1) is 9.47. The van der Waals surface area contributed by atoms with Crippen molar-refractivity contribution in [1.29, 1.82) is 0 Å². The van der Waals surface area contributed by atoms with E-state index in [1.807, 2.05) is 20.8 Å². The number of ketones is 1. The molecular formula is C16H22F3NO. The summed E-state index contributed by atoms with van der Waals surface area (Å²) in [7, 11) is 0. The minimum Gasteiger partial charge on any atom is -0.327 e. The first kappa shape index (κ1) is 17.7. The molecule has 0 amide bonds. The van der Waals surface area contributed by atoms with Gasteiger partial charge in [0, 0.05) is 18.9 Å². The molecule has 1 unspecified atom stereocenters. The lowest BCUT2D eigenvalue weighted by Crippen LogP contribution is -2.29. The van der Waals surface area contributed by atoms with Gasteiger partial charge >= 0.3 is 6.18 Å². The Hall–Kier alpha value is -1.36. The zero-order chi connectivity index (χ0) is 16.3. The van der Waals surface area contributed by atoms with Crippen molar-refractivity contribution < 1.29 is 18.0 Å². The quantitative estimate of drug-likeness (QED) is 0.894. The molecule has 0 aliphatic carbocycles. The molecule has 1 rings (SSSR count). The molecule has 1 atom stereocenters. The lowest BCUT2D eigenvalue weighted by molar-refractivity contribution is -0.137. The van der Waals surface area contributed by atoms with Crippen molar-refractivity contribution >= 4 is 5.78 Å². The molecule has 0 saturated heterocycles. The van der Waals surface area contributed by atoms with Crippen molar-refractivity contribution in [3.05, 3.63) is 35.4 Å². The van der Waals surface area contributed by atoms with E-state index in [4.69, 9.17) is 5.73 Å². The number of hydrogen-bond acceptors (Lipinski definition) is 2. The molecule has 0 heterocycles. The van der Waals surface area contributed by atoms with E-state index in [-0.39, 0.29) is 30.1 Å². The topological polar surface area (TPSA) is 43.1 Å². The van der Waals surface area contributed by atoms with Gasteiger partial charge in [0.2, 0.25) is 0 Å². The van der Waals surface area contributed by atoms with Crippen LogP contribution in [0.15, 0.2) is 24.3 Å². The summed E-state index contributed by atoms with van der Waals surface area (Å²) in [6.07, 6.45) is -3.25. The largest absolute Gasteiger partial charge is 0.416 e. The maximum atomic E-state index is 12.4. The second kappa shape index (κ2) is 6.60. The average Bonchev–Trinajstić information content (AvgIpc) is 2.25. The minimum absolute atomic E-state index is 0.0495. The zero-order valence-corrected chi connectivity index (χ0v) is 12.6. The van der Waals surface area contributed by atoms with Gasteiger partial charge in [0.1, 0.15) is 5.78 Å². The average molecular weight is 301 g/mol. The second-order valence-electron chi connectivity index (χ2n) is 6.64. The maximum Gasteiger partial charge on any atom is 0.416 e. The van der Waals surface area contributed by atoms with Crippen LogP contribution in [0.3, 0.4) is 0 Å². The first-order valence-corrected chi connectivity index (χ1v) is 6.91. The van der Waals surface area contributed by atoms with Gasteiger partial charge in [-0.15, -0.1) is 0 Å². The van der Waals surface area contributed by atoms with E-state index < -0.39 is 11.7 Å². The standard InChI is InChI=1S/C16H22F3NO/c1-15(2,3)10-13(20)9-14(21)8-11-4-6-12(7-5-11)16(17,18)19/h4-7,13H,8-10,20H2,1-3H3. The first-order valence-electron chi connectivity index (χ1n) is 6.91. The van der Waals surface area contributed by atoms with E-state index in [2.05, 4.69) is 0 Å². The second-order valence-corrected chi connectivity index (χ2v) is 6.64. The van der Waals surface area contributed by atoms with E-state index >= 15 is 0 Å². The molecular weight excluding hydrogens is 279 g/mol. The van der Waals surface area contributed by atoms with Crippen molar-refractivity contribution in [2.45, 2.75) is 52.3 Å². The van der Waals surface area contributed by atoms with E-state index in [1.165, 1.54) is 12.1 Å². The van der Waals surface area contributed by atoms with Gasteiger partial charge in [0.15, 0.2) is 0 Å². The zero-order valence-electron chi connectivity index (χ0n) is 12.6. The lowest BCUT2D eigenvalue weighted by Gasteiger charge is -2.22. The van der Waals surface area contributed by atoms with Crippen molar-refractivity contribution in [1.82, 2.24) is 0 Å². The molecule has 0 aromatic heterocycles. The predicted octanol–water partition coefficient (Wildman–Crippen LogP) is 3.97. The Morgan fingerprint density at radius 3 is 2.10 bits per heavy atom. The molecule has 1 aromatic carbocycles. The summed E-state index contributed by atoms with van der Waals surface area (Å²) in [6.45, 7) is 6.15. The Morgan fingerprint density at radius 1 is 1.14 bits per heavy atom. The third kappa shape index (κ3) is 6.76. The number of alkyl halides is 3. The molecule has 0 spiro atoms. The fraction of sp³-hybridized carbons (Fsp3) is 0.562. The Labute approximate surface area is 123 Å². The summed E-state index contributed by atoms with van der Waals surface area (Å²) in [4.78, 5) is 11.9. The van der Waals surface area contributed by atoms with Crippen LogP contribution in [0.4, 0.5) is 13.2 Å². The van der Waals surface area contributed by atoms with Crippen LogP contribution in [0.2, 0.25) is 0 Å². The van der Waals surface area contributed by atoms with Crippen molar-refractivity contribution in [3.63, 3.8) is 0 Å². The number of carbonyl (C=O) groups excluding carboxylic acids is 1. The van der Waals surface area contributed by atoms with Gasteiger partial charge in [0.05, 0.1) is 5.56 Å². The fourth-order valence-corrected chi connectivity index (χ4v) is 2.26. The highest BCUT2D eigenvalue weighted by Gasteiger charge is 2.30. The summed E-state index contributed by atoms with van der Waals surface area (Å²) < 4.78 is 37.3. The molecule has 0 radical (unpaired) electrons. The molecule has 0 fully saturated rings. The van der Waals surface area contributed by atoms with E-state index in [0.717, 1.165) is 18.6 Å². The lowest BCUT2D eigenvalue weighted by atomic mass is 9.86. The Morgan fingerprint density at radius 2 is 1.67 bits per heavy atom. The summed E-state index contributed by atoms with van der Waals surface area (Å²) in [5, 5.41) is 0. The predicted molar refractivity (Wildman–Crippen MR) is 76.8 cm³/mol. The normalized spacial score (nSPS) is 14.0. The van der Waals surface area contributed by atoms with Crippen molar-refractivity contribution in [3.8, 4) is 0 Å². The van der Waals surface area contributed by atoms with Crippen LogP contribution >= 0.6 is 0 Å². The van der Waals surface area contributed by atoms with Gasteiger partial charge in [-0.3, -0.25) is 4.79 Å². The molecule has 0 bridgehead atoms. The monoisotopic (exact) mass is 301 g/mol. The molecule has 118 valence electrons. The molecule has 0 saturated carbocycles. The molecule has 5 heteroatoms. The number of hydrogen-bond donors (Lipinski definition) is 1. The molecule has 0 aliphatic heterocycles. The highest BCUT2D eigenvalue weighted by atomic mass is 19.4. The molecule has 2 nitrogen and oxygen atoms in total. The van der Waals surface area contributed by atoms with Gasteiger partial charge < -0.3 is 5.73 Å². The van der Waals surface area contributed by atoms with Crippen molar-refractivity contribution in [2.75, 3.05) is 0 Å². The smallest absolute Gasteiger partial charge is 0.327 e. The number of nitrogens with two attached hydrogens (primary N) is 1. The number of Topliss-reactive ketones (excluding diaryl/α,β-unsaturated/α-hetero) is 1. The summed E-state index contributed by atoms with van der Waals surface area (Å²) in [5.41, 5.74) is 5.85. The highest BCUT2D eigenvalue weighted by molar-refractivity contribution is 5.81. The van der Waals surface area contributed by atoms with Crippen LogP contribution in [0.1, 0.15) is 44.7 Å². The van der Waals surface area contributed by atoms with E-state index in [1.54, 1.807) is 0 Å². The van der Waals surface area contributed by atoms with Gasteiger partial charge in [-0.2, -0.15) is 13.2 Å². The summed E-state index contributed by atoms with van der Waals surface area (Å²) >= 11 is 0. The van der Waals surface area contributed by atoms with Crippen LogP contribution in [0.5, 0.6) is 0 Å². The third-order valence-corrected chi connectivity index (χ3v) is 3.05. The molecule has 2 N–H and O–H groups in total. The number of rotatable bonds is 5. The van der Waals surface area contributed by atoms with Gasteiger partial charge in [-0.25, -0.2) is 0 Å². The van der Waals surface area contributed by atoms with E-state index in [0.29, 0.717) is 5.56 Å². The van der Waals surface area contributed by atoms with Crippen LogP contribution < -0.4 is 5.73 Å². The van der Waals surface area contributed by atoms with Crippen molar-refractivity contribution in [2.24, 2.45) is 11.1 Å². The van der Waals surface area contributed by atoms with Crippen LogP contribution in [0.25, 0.3) is 0 Å². The Bertz CT molecular complexity index is 472. The SMILES string of the molecule is CC(C)(C)CC(N)CC(=O)Cc1ccc(C(F)(F)F)cc1. The Kier molecular flexibility index (Phi) is 5.56. The summed E-state index contributed by atoms with van der Waals surface area (Å²) in [5.74, 6) is -0.0495. The van der Waals surface area contributed by atoms with Crippen LogP contribution in [-0.4, -0.2) is 11.8 Å². The highest BCUT2D eigenvalue weighted by Crippen LogP contribution is 2.29. The minimum atomic E-state index is -4.35. The fourth-order valence-electron chi connectivity index (χ4n) is 2.26. The molecule has 1 aromatic rings. The number of benzene rings is 1.